The van der Waals surface area contributed by atoms with E-state index in [9.17, 15) is 13.2 Å². The molecule has 0 spiro atoms. The van der Waals surface area contributed by atoms with E-state index >= 15 is 0 Å². The average Bonchev–Trinajstić information content (AvgIpc) is 3.18. The second kappa shape index (κ2) is 6.26. The quantitative estimate of drug-likeness (QED) is 0.858. The number of sulfonamides is 1. The van der Waals surface area contributed by atoms with Gasteiger partial charge >= 0.3 is 0 Å². The van der Waals surface area contributed by atoms with E-state index in [-0.39, 0.29) is 22.0 Å². The zero-order valence-corrected chi connectivity index (χ0v) is 14.1. The minimum Gasteiger partial charge on any atom is -0.379 e. The molecule has 7 nitrogen and oxygen atoms in total. The van der Waals surface area contributed by atoms with E-state index in [0.717, 1.165) is 25.7 Å². The summed E-state index contributed by atoms with van der Waals surface area (Å²) >= 11 is 0. The molecular formula is C15H23N3O4S. The highest BCUT2D eigenvalue weighted by Gasteiger charge is 2.32. The minimum absolute atomic E-state index is 0.126. The maximum Gasteiger partial charge on any atom is 0.268 e. The van der Waals surface area contributed by atoms with Gasteiger partial charge < -0.3 is 15.0 Å². The van der Waals surface area contributed by atoms with Crippen LogP contribution in [-0.4, -0.2) is 55.5 Å². The van der Waals surface area contributed by atoms with Crippen molar-refractivity contribution in [1.82, 2.24) is 14.6 Å². The molecule has 2 fully saturated rings. The summed E-state index contributed by atoms with van der Waals surface area (Å²) in [6.45, 7) is 3.51. The Labute approximate surface area is 136 Å². The van der Waals surface area contributed by atoms with E-state index in [1.54, 1.807) is 0 Å². The molecule has 8 heteroatoms. The number of H-pyrrole nitrogens is 1. The summed E-state index contributed by atoms with van der Waals surface area (Å²) in [6.07, 6.45) is 5.52. The number of aromatic nitrogens is 1. The Morgan fingerprint density at radius 1 is 1.30 bits per heavy atom. The summed E-state index contributed by atoms with van der Waals surface area (Å²) in [6, 6.07) is 1.42. The molecule has 3 rings (SSSR count). The highest BCUT2D eigenvalue weighted by atomic mass is 32.2. The fourth-order valence-electron chi connectivity index (χ4n) is 3.21. The van der Waals surface area contributed by atoms with E-state index in [2.05, 4.69) is 10.3 Å². The molecule has 1 aliphatic carbocycles. The van der Waals surface area contributed by atoms with Gasteiger partial charge in [0.15, 0.2) is 0 Å². The molecule has 1 amide bonds. The van der Waals surface area contributed by atoms with Crippen molar-refractivity contribution < 1.29 is 17.9 Å². The lowest BCUT2D eigenvalue weighted by Crippen LogP contribution is -2.43. The molecule has 0 bridgehead atoms. The molecule has 23 heavy (non-hydrogen) atoms. The van der Waals surface area contributed by atoms with E-state index < -0.39 is 10.0 Å². The summed E-state index contributed by atoms with van der Waals surface area (Å²) < 4.78 is 31.7. The first-order valence-electron chi connectivity index (χ1n) is 8.00. The highest BCUT2D eigenvalue weighted by Crippen LogP contribution is 2.29. The third kappa shape index (κ3) is 3.44. The monoisotopic (exact) mass is 341 g/mol. The van der Waals surface area contributed by atoms with Crippen LogP contribution in [0.15, 0.2) is 17.2 Å². The summed E-state index contributed by atoms with van der Waals surface area (Å²) in [7, 11) is -3.58. The molecule has 2 heterocycles. The number of carbonyl (C=O) groups is 1. The van der Waals surface area contributed by atoms with Gasteiger partial charge in [-0.1, -0.05) is 12.8 Å². The maximum atomic E-state index is 12.5. The SMILES string of the molecule is CC1(NC(=O)c2cc(S(=O)(=O)N3CCOCC3)c[nH]2)CCCC1. The van der Waals surface area contributed by atoms with Crippen molar-refractivity contribution in [2.24, 2.45) is 0 Å². The first-order valence-corrected chi connectivity index (χ1v) is 9.44. The number of rotatable bonds is 4. The van der Waals surface area contributed by atoms with Gasteiger partial charge in [0.1, 0.15) is 10.6 Å². The standard InChI is InChI=1S/C15H23N3O4S/c1-15(4-2-3-5-15)17-14(19)13-10-12(11-16-13)23(20,21)18-6-8-22-9-7-18/h10-11,16H,2-9H2,1H3,(H,17,19). The second-order valence-corrected chi connectivity index (χ2v) is 8.43. The Morgan fingerprint density at radius 2 is 1.96 bits per heavy atom. The molecule has 1 saturated heterocycles. The van der Waals surface area contributed by atoms with Gasteiger partial charge in [0.2, 0.25) is 10.0 Å². The molecule has 128 valence electrons. The van der Waals surface area contributed by atoms with Crippen LogP contribution in [0.5, 0.6) is 0 Å². The molecule has 1 aromatic rings. The first kappa shape index (κ1) is 16.5. The lowest BCUT2D eigenvalue weighted by atomic mass is 10.0. The van der Waals surface area contributed by atoms with E-state index in [4.69, 9.17) is 4.74 Å². The fraction of sp³-hybridized carbons (Fsp3) is 0.667. The zero-order chi connectivity index (χ0) is 16.5. The van der Waals surface area contributed by atoms with Crippen LogP contribution in [0.2, 0.25) is 0 Å². The topological polar surface area (TPSA) is 91.5 Å². The minimum atomic E-state index is -3.58. The summed E-state index contributed by atoms with van der Waals surface area (Å²) in [5, 5.41) is 3.02. The highest BCUT2D eigenvalue weighted by molar-refractivity contribution is 7.89. The first-order chi connectivity index (χ1) is 10.9. The van der Waals surface area contributed by atoms with Gasteiger partial charge in [0.05, 0.1) is 13.2 Å². The van der Waals surface area contributed by atoms with Gasteiger partial charge in [-0.2, -0.15) is 4.31 Å². The predicted octanol–water partition coefficient (Wildman–Crippen LogP) is 1.10. The number of hydrogen-bond donors (Lipinski definition) is 2. The Morgan fingerprint density at radius 3 is 2.61 bits per heavy atom. The number of amides is 1. The molecule has 0 atom stereocenters. The fourth-order valence-corrected chi connectivity index (χ4v) is 4.61. The van der Waals surface area contributed by atoms with Gasteiger partial charge in [0, 0.05) is 24.8 Å². The van der Waals surface area contributed by atoms with Crippen molar-refractivity contribution in [3.8, 4) is 0 Å². The number of hydrogen-bond acceptors (Lipinski definition) is 4. The summed E-state index contributed by atoms with van der Waals surface area (Å²) in [4.78, 5) is 15.3. The van der Waals surface area contributed by atoms with Crippen molar-refractivity contribution >= 4 is 15.9 Å². The third-order valence-electron chi connectivity index (χ3n) is 4.63. The Balaban J connectivity index is 1.73. The van der Waals surface area contributed by atoms with Crippen molar-refractivity contribution in [3.63, 3.8) is 0 Å². The van der Waals surface area contributed by atoms with Crippen LogP contribution in [-0.2, 0) is 14.8 Å². The number of carbonyl (C=O) groups excluding carboxylic acids is 1. The number of aromatic amines is 1. The van der Waals surface area contributed by atoms with Crippen molar-refractivity contribution in [2.45, 2.75) is 43.0 Å². The Bertz CT molecular complexity index is 671. The van der Waals surface area contributed by atoms with Crippen LogP contribution in [0.3, 0.4) is 0 Å². The molecule has 1 aliphatic heterocycles. The number of morpholine rings is 1. The maximum absolute atomic E-state index is 12.5. The lowest BCUT2D eigenvalue weighted by molar-refractivity contribution is 0.0730. The predicted molar refractivity (Wildman–Crippen MR) is 84.7 cm³/mol. The molecule has 0 unspecified atom stereocenters. The normalized spacial score (nSPS) is 22.1. The molecule has 1 aromatic heterocycles. The molecule has 0 radical (unpaired) electrons. The van der Waals surface area contributed by atoms with Crippen LogP contribution in [0, 0.1) is 0 Å². The number of nitrogens with one attached hydrogen (secondary N) is 2. The Hall–Kier alpha value is -1.38. The molecule has 0 aromatic carbocycles. The van der Waals surface area contributed by atoms with Gasteiger partial charge in [-0.05, 0) is 25.8 Å². The van der Waals surface area contributed by atoms with Crippen LogP contribution < -0.4 is 5.32 Å². The Kier molecular flexibility index (Phi) is 4.48. The summed E-state index contributed by atoms with van der Waals surface area (Å²) in [5.74, 6) is -0.252. The van der Waals surface area contributed by atoms with E-state index in [0.29, 0.717) is 26.3 Å². The van der Waals surface area contributed by atoms with Gasteiger partial charge in [-0.25, -0.2) is 8.42 Å². The van der Waals surface area contributed by atoms with Crippen molar-refractivity contribution in [2.75, 3.05) is 26.3 Å². The van der Waals surface area contributed by atoms with Crippen LogP contribution in [0.25, 0.3) is 0 Å². The van der Waals surface area contributed by atoms with E-state index in [1.165, 1.54) is 16.6 Å². The van der Waals surface area contributed by atoms with Gasteiger partial charge in [-0.3, -0.25) is 4.79 Å². The molecule has 2 aliphatic rings. The zero-order valence-electron chi connectivity index (χ0n) is 13.3. The largest absolute Gasteiger partial charge is 0.379 e. The lowest BCUT2D eigenvalue weighted by Gasteiger charge is -2.25. The number of nitrogens with zero attached hydrogens (tertiary/aromatic N) is 1. The smallest absolute Gasteiger partial charge is 0.268 e. The van der Waals surface area contributed by atoms with E-state index in [1.807, 2.05) is 6.92 Å². The average molecular weight is 341 g/mol. The van der Waals surface area contributed by atoms with Crippen molar-refractivity contribution in [3.05, 3.63) is 18.0 Å². The molecule has 2 N–H and O–H groups in total. The van der Waals surface area contributed by atoms with Crippen LogP contribution >= 0.6 is 0 Å². The van der Waals surface area contributed by atoms with Crippen LogP contribution in [0.1, 0.15) is 43.1 Å². The third-order valence-corrected chi connectivity index (χ3v) is 6.51. The molecular weight excluding hydrogens is 318 g/mol. The van der Waals surface area contributed by atoms with Gasteiger partial charge in [0.25, 0.3) is 5.91 Å². The van der Waals surface area contributed by atoms with Crippen molar-refractivity contribution in [1.29, 1.82) is 0 Å². The molecule has 1 saturated carbocycles. The summed E-state index contributed by atoms with van der Waals surface area (Å²) in [5.41, 5.74) is 0.0933. The van der Waals surface area contributed by atoms with Crippen LogP contribution in [0.4, 0.5) is 0 Å². The number of ether oxygens (including phenoxy) is 1. The second-order valence-electron chi connectivity index (χ2n) is 6.49. The van der Waals surface area contributed by atoms with Gasteiger partial charge in [-0.15, -0.1) is 0 Å².